The summed E-state index contributed by atoms with van der Waals surface area (Å²) in [5, 5.41) is 11.1. The normalized spacial score (nSPS) is 12.7. The number of methoxy groups -OCH3 is 1. The van der Waals surface area contributed by atoms with E-state index in [2.05, 4.69) is 4.74 Å². The van der Waals surface area contributed by atoms with Crippen LogP contribution in [-0.4, -0.2) is 22.8 Å². The minimum absolute atomic E-state index is 0.427. The first-order valence-corrected chi connectivity index (χ1v) is 5.42. The van der Waals surface area contributed by atoms with Gasteiger partial charge in [0.25, 0.3) is 0 Å². The van der Waals surface area contributed by atoms with Gasteiger partial charge in [-0.25, -0.2) is 4.79 Å². The SMILES string of the molecule is COC(=O)C(O)c1cc(Cl)c2ccn(C)c2c1. The number of carbonyl (C=O) groups is 1. The van der Waals surface area contributed by atoms with Gasteiger partial charge in [-0.2, -0.15) is 0 Å². The number of aliphatic hydroxyl groups excluding tert-OH is 1. The van der Waals surface area contributed by atoms with Crippen molar-refractivity contribution in [2.24, 2.45) is 7.05 Å². The maximum absolute atomic E-state index is 11.3. The van der Waals surface area contributed by atoms with E-state index in [1.807, 2.05) is 23.9 Å². The lowest BCUT2D eigenvalue weighted by atomic mass is 10.1. The van der Waals surface area contributed by atoms with Gasteiger partial charge in [0, 0.05) is 24.1 Å². The molecule has 0 bridgehead atoms. The van der Waals surface area contributed by atoms with E-state index >= 15 is 0 Å². The summed E-state index contributed by atoms with van der Waals surface area (Å²) in [6, 6.07) is 5.18. The van der Waals surface area contributed by atoms with E-state index in [4.69, 9.17) is 11.6 Å². The Bertz CT molecular complexity index is 576. The van der Waals surface area contributed by atoms with Crippen LogP contribution in [0.15, 0.2) is 24.4 Å². The molecular weight excluding hydrogens is 242 g/mol. The van der Waals surface area contributed by atoms with E-state index < -0.39 is 12.1 Å². The third-order valence-corrected chi connectivity index (χ3v) is 3.03. The van der Waals surface area contributed by atoms with Crippen LogP contribution in [0.3, 0.4) is 0 Å². The number of aryl methyl sites for hydroxylation is 1. The molecule has 1 heterocycles. The third-order valence-electron chi connectivity index (χ3n) is 2.72. The quantitative estimate of drug-likeness (QED) is 0.834. The van der Waals surface area contributed by atoms with Crippen molar-refractivity contribution < 1.29 is 14.6 Å². The summed E-state index contributed by atoms with van der Waals surface area (Å²) < 4.78 is 6.36. The summed E-state index contributed by atoms with van der Waals surface area (Å²) >= 11 is 6.09. The number of hydrogen-bond donors (Lipinski definition) is 1. The lowest BCUT2D eigenvalue weighted by molar-refractivity contribution is -0.150. The largest absolute Gasteiger partial charge is 0.467 e. The van der Waals surface area contributed by atoms with Crippen LogP contribution < -0.4 is 0 Å². The summed E-state index contributed by atoms with van der Waals surface area (Å²) in [6.45, 7) is 0. The van der Waals surface area contributed by atoms with Crippen LogP contribution in [0.4, 0.5) is 0 Å². The molecule has 1 atom stereocenters. The first-order valence-electron chi connectivity index (χ1n) is 5.05. The number of nitrogens with zero attached hydrogens (tertiary/aromatic N) is 1. The van der Waals surface area contributed by atoms with Gasteiger partial charge in [0.1, 0.15) is 0 Å². The van der Waals surface area contributed by atoms with Crippen LogP contribution in [0.1, 0.15) is 11.7 Å². The minimum atomic E-state index is -1.31. The van der Waals surface area contributed by atoms with Crippen LogP contribution in [-0.2, 0) is 16.6 Å². The number of ether oxygens (including phenoxy) is 1. The Labute approximate surface area is 103 Å². The van der Waals surface area contributed by atoms with E-state index in [0.29, 0.717) is 10.6 Å². The van der Waals surface area contributed by atoms with Gasteiger partial charge in [-0.05, 0) is 23.8 Å². The van der Waals surface area contributed by atoms with Gasteiger partial charge in [-0.3, -0.25) is 0 Å². The molecule has 90 valence electrons. The first kappa shape index (κ1) is 12.0. The summed E-state index contributed by atoms with van der Waals surface area (Å²) in [4.78, 5) is 11.3. The number of aromatic nitrogens is 1. The number of halogens is 1. The van der Waals surface area contributed by atoms with Crippen molar-refractivity contribution in [2.45, 2.75) is 6.10 Å². The number of esters is 1. The second-order valence-corrected chi connectivity index (χ2v) is 4.20. The summed E-state index contributed by atoms with van der Waals surface area (Å²) in [5.41, 5.74) is 1.28. The highest BCUT2D eigenvalue weighted by Crippen LogP contribution is 2.29. The minimum Gasteiger partial charge on any atom is -0.467 e. The lowest BCUT2D eigenvalue weighted by Gasteiger charge is -2.10. The molecular formula is C12H12ClNO3. The standard InChI is InChI=1S/C12H12ClNO3/c1-14-4-3-8-9(13)5-7(6-10(8)14)11(15)12(16)17-2/h3-6,11,15H,1-2H3. The van der Waals surface area contributed by atoms with Crippen molar-refractivity contribution in [3.05, 3.63) is 35.0 Å². The molecule has 4 nitrogen and oxygen atoms in total. The van der Waals surface area contributed by atoms with Crippen LogP contribution >= 0.6 is 11.6 Å². The molecule has 1 N–H and O–H groups in total. The van der Waals surface area contributed by atoms with Crippen molar-refractivity contribution in [1.29, 1.82) is 0 Å². The highest BCUT2D eigenvalue weighted by Gasteiger charge is 2.19. The smallest absolute Gasteiger partial charge is 0.339 e. The van der Waals surface area contributed by atoms with Crippen LogP contribution in [0.5, 0.6) is 0 Å². The Balaban J connectivity index is 2.56. The van der Waals surface area contributed by atoms with Gasteiger partial charge < -0.3 is 14.4 Å². The topological polar surface area (TPSA) is 51.5 Å². The number of rotatable bonds is 2. The van der Waals surface area contributed by atoms with Crippen LogP contribution in [0.2, 0.25) is 5.02 Å². The zero-order valence-corrected chi connectivity index (χ0v) is 10.2. The number of carbonyl (C=O) groups excluding carboxylic acids is 1. The summed E-state index contributed by atoms with van der Waals surface area (Å²) in [5.74, 6) is -0.699. The van der Waals surface area contributed by atoms with Gasteiger partial charge in [0.2, 0.25) is 0 Å². The molecule has 0 spiro atoms. The molecule has 0 radical (unpaired) electrons. The number of hydrogen-bond acceptors (Lipinski definition) is 3. The van der Waals surface area contributed by atoms with Crippen molar-refractivity contribution in [3.63, 3.8) is 0 Å². The monoisotopic (exact) mass is 253 g/mol. The number of fused-ring (bicyclic) bond motifs is 1. The van der Waals surface area contributed by atoms with Crippen molar-refractivity contribution in [2.75, 3.05) is 7.11 Å². The highest BCUT2D eigenvalue weighted by atomic mass is 35.5. The zero-order chi connectivity index (χ0) is 12.6. The lowest BCUT2D eigenvalue weighted by Crippen LogP contribution is -2.13. The molecule has 1 aromatic carbocycles. The molecule has 2 rings (SSSR count). The molecule has 1 aromatic heterocycles. The van der Waals surface area contributed by atoms with Gasteiger partial charge >= 0.3 is 5.97 Å². The number of benzene rings is 1. The molecule has 2 aromatic rings. The maximum Gasteiger partial charge on any atom is 0.339 e. The van der Waals surface area contributed by atoms with Gasteiger partial charge in [-0.1, -0.05) is 11.6 Å². The van der Waals surface area contributed by atoms with Crippen LogP contribution in [0, 0.1) is 0 Å². The van der Waals surface area contributed by atoms with Crippen LogP contribution in [0.25, 0.3) is 10.9 Å². The van der Waals surface area contributed by atoms with E-state index in [9.17, 15) is 9.90 Å². The Morgan fingerprint density at radius 3 is 2.88 bits per heavy atom. The first-order chi connectivity index (χ1) is 8.04. The highest BCUT2D eigenvalue weighted by molar-refractivity contribution is 6.35. The van der Waals surface area contributed by atoms with E-state index in [1.54, 1.807) is 12.1 Å². The Kier molecular flexibility index (Phi) is 3.09. The predicted molar refractivity (Wildman–Crippen MR) is 64.9 cm³/mol. The van der Waals surface area contributed by atoms with E-state index in [-0.39, 0.29) is 0 Å². The average molecular weight is 254 g/mol. The molecule has 0 aliphatic carbocycles. The molecule has 0 aliphatic heterocycles. The molecule has 0 fully saturated rings. The van der Waals surface area contributed by atoms with Crippen molar-refractivity contribution >= 4 is 28.5 Å². The van der Waals surface area contributed by atoms with E-state index in [1.165, 1.54) is 7.11 Å². The fraction of sp³-hybridized carbons (Fsp3) is 0.250. The molecule has 0 saturated carbocycles. The molecule has 5 heteroatoms. The van der Waals surface area contributed by atoms with E-state index in [0.717, 1.165) is 10.9 Å². The molecule has 17 heavy (non-hydrogen) atoms. The van der Waals surface area contributed by atoms with Crippen molar-refractivity contribution in [1.82, 2.24) is 4.57 Å². The summed E-state index contributed by atoms with van der Waals surface area (Å²) in [7, 11) is 3.10. The van der Waals surface area contributed by atoms with Crippen molar-refractivity contribution in [3.8, 4) is 0 Å². The fourth-order valence-electron chi connectivity index (χ4n) is 1.75. The predicted octanol–water partition coefficient (Wildman–Crippen LogP) is 2.04. The second-order valence-electron chi connectivity index (χ2n) is 3.79. The Morgan fingerprint density at radius 1 is 1.53 bits per heavy atom. The summed E-state index contributed by atoms with van der Waals surface area (Å²) in [6.07, 6.45) is 0.557. The third kappa shape index (κ3) is 2.01. The molecule has 1 unspecified atom stereocenters. The van der Waals surface area contributed by atoms with Gasteiger partial charge in [-0.15, -0.1) is 0 Å². The Morgan fingerprint density at radius 2 is 2.24 bits per heavy atom. The van der Waals surface area contributed by atoms with Gasteiger partial charge in [0.15, 0.2) is 6.10 Å². The zero-order valence-electron chi connectivity index (χ0n) is 9.48. The molecule has 0 saturated heterocycles. The average Bonchev–Trinajstić information content (AvgIpc) is 2.70. The number of aliphatic hydroxyl groups is 1. The maximum atomic E-state index is 11.3. The molecule has 0 amide bonds. The molecule has 0 aliphatic rings. The fourth-order valence-corrected chi connectivity index (χ4v) is 2.04. The second kappa shape index (κ2) is 4.39. The van der Waals surface area contributed by atoms with Gasteiger partial charge in [0.05, 0.1) is 12.1 Å². The Hall–Kier alpha value is -1.52.